The van der Waals surface area contributed by atoms with Crippen LogP contribution in [0.3, 0.4) is 0 Å². The van der Waals surface area contributed by atoms with Crippen LogP contribution in [0.15, 0.2) is 30.6 Å². The Morgan fingerprint density at radius 3 is 2.74 bits per heavy atom. The molecule has 1 aromatic heterocycles. The van der Waals surface area contributed by atoms with E-state index in [1.54, 1.807) is 18.3 Å². The van der Waals surface area contributed by atoms with Gasteiger partial charge in [-0.2, -0.15) is 0 Å². The number of halogens is 2. The summed E-state index contributed by atoms with van der Waals surface area (Å²) in [5.41, 5.74) is 0.988. The SMILES string of the molecule is Cn1ccnc1CCC(O)Cc1ccc(Cl)c(Cl)c1. The molecule has 102 valence electrons. The number of rotatable bonds is 5. The number of hydrogen-bond acceptors (Lipinski definition) is 2. The number of aromatic nitrogens is 2. The van der Waals surface area contributed by atoms with Crippen LogP contribution >= 0.6 is 23.2 Å². The number of aliphatic hydroxyl groups is 1. The van der Waals surface area contributed by atoms with Crippen LogP contribution in [0.2, 0.25) is 10.0 Å². The minimum atomic E-state index is -0.408. The van der Waals surface area contributed by atoms with E-state index in [0.717, 1.165) is 17.8 Å². The van der Waals surface area contributed by atoms with Crippen molar-refractivity contribution in [3.63, 3.8) is 0 Å². The summed E-state index contributed by atoms with van der Waals surface area (Å²) in [7, 11) is 1.95. The third-order valence-electron chi connectivity index (χ3n) is 3.08. The van der Waals surface area contributed by atoms with Gasteiger partial charge >= 0.3 is 0 Å². The molecular weight excluding hydrogens is 283 g/mol. The number of imidazole rings is 1. The van der Waals surface area contributed by atoms with E-state index in [1.807, 2.05) is 23.9 Å². The molecule has 0 aliphatic heterocycles. The van der Waals surface area contributed by atoms with Crippen LogP contribution in [-0.4, -0.2) is 20.8 Å². The van der Waals surface area contributed by atoms with E-state index < -0.39 is 6.10 Å². The van der Waals surface area contributed by atoms with Gasteiger partial charge in [0.05, 0.1) is 16.1 Å². The van der Waals surface area contributed by atoms with Crippen LogP contribution in [0.5, 0.6) is 0 Å². The molecule has 2 aromatic rings. The van der Waals surface area contributed by atoms with Gasteiger partial charge in [0.15, 0.2) is 0 Å². The van der Waals surface area contributed by atoms with E-state index in [-0.39, 0.29) is 0 Å². The van der Waals surface area contributed by atoms with Gasteiger partial charge in [0.1, 0.15) is 5.82 Å². The smallest absolute Gasteiger partial charge is 0.108 e. The first-order valence-electron chi connectivity index (χ1n) is 6.14. The predicted molar refractivity (Wildman–Crippen MR) is 77.7 cm³/mol. The average molecular weight is 299 g/mol. The van der Waals surface area contributed by atoms with Gasteiger partial charge in [-0.1, -0.05) is 29.3 Å². The van der Waals surface area contributed by atoms with Gasteiger partial charge in [0.2, 0.25) is 0 Å². The van der Waals surface area contributed by atoms with Gasteiger partial charge in [0, 0.05) is 25.9 Å². The zero-order valence-corrected chi connectivity index (χ0v) is 12.2. The summed E-state index contributed by atoms with van der Waals surface area (Å²) in [5.74, 6) is 0.980. The predicted octanol–water partition coefficient (Wildman–Crippen LogP) is 3.26. The van der Waals surface area contributed by atoms with Crippen molar-refractivity contribution in [3.05, 3.63) is 52.0 Å². The molecule has 0 radical (unpaired) electrons. The maximum Gasteiger partial charge on any atom is 0.108 e. The molecule has 1 aromatic carbocycles. The lowest BCUT2D eigenvalue weighted by Crippen LogP contribution is -2.13. The third kappa shape index (κ3) is 3.96. The van der Waals surface area contributed by atoms with Crippen LogP contribution in [-0.2, 0) is 19.9 Å². The van der Waals surface area contributed by atoms with E-state index in [2.05, 4.69) is 4.98 Å². The molecule has 19 heavy (non-hydrogen) atoms. The highest BCUT2D eigenvalue weighted by atomic mass is 35.5. The second-order valence-corrected chi connectivity index (χ2v) is 5.41. The highest BCUT2D eigenvalue weighted by Gasteiger charge is 2.09. The van der Waals surface area contributed by atoms with Crippen LogP contribution in [0.4, 0.5) is 0 Å². The summed E-state index contributed by atoms with van der Waals surface area (Å²) in [6, 6.07) is 5.44. The van der Waals surface area contributed by atoms with Crippen molar-refractivity contribution in [1.82, 2.24) is 9.55 Å². The second kappa shape index (κ2) is 6.42. The molecule has 0 spiro atoms. The van der Waals surface area contributed by atoms with Crippen molar-refractivity contribution >= 4 is 23.2 Å². The summed E-state index contributed by atoms with van der Waals surface area (Å²) in [5, 5.41) is 11.1. The Labute approximate surface area is 122 Å². The third-order valence-corrected chi connectivity index (χ3v) is 3.82. The van der Waals surface area contributed by atoms with Crippen molar-refractivity contribution in [1.29, 1.82) is 0 Å². The van der Waals surface area contributed by atoms with Crippen molar-refractivity contribution in [2.75, 3.05) is 0 Å². The molecule has 0 amide bonds. The lowest BCUT2D eigenvalue weighted by atomic mass is 10.0. The van der Waals surface area contributed by atoms with Gasteiger partial charge in [-0.05, 0) is 30.5 Å². The monoisotopic (exact) mass is 298 g/mol. The molecule has 5 heteroatoms. The first-order valence-corrected chi connectivity index (χ1v) is 6.90. The first kappa shape index (κ1) is 14.4. The molecule has 0 fully saturated rings. The summed E-state index contributed by atoms with van der Waals surface area (Å²) in [6.07, 6.45) is 5.26. The topological polar surface area (TPSA) is 38.0 Å². The van der Waals surface area contributed by atoms with Gasteiger partial charge < -0.3 is 9.67 Å². The lowest BCUT2D eigenvalue weighted by molar-refractivity contribution is 0.164. The molecular formula is C14H16Cl2N2O. The fourth-order valence-corrected chi connectivity index (χ4v) is 2.29. The maximum absolute atomic E-state index is 10.0. The Bertz CT molecular complexity index is 554. The molecule has 1 N–H and O–H groups in total. The van der Waals surface area contributed by atoms with Crippen LogP contribution in [0, 0.1) is 0 Å². The van der Waals surface area contributed by atoms with E-state index >= 15 is 0 Å². The molecule has 1 heterocycles. The fraction of sp³-hybridized carbons (Fsp3) is 0.357. The van der Waals surface area contributed by atoms with Crippen LogP contribution in [0.25, 0.3) is 0 Å². The molecule has 1 unspecified atom stereocenters. The molecule has 1 atom stereocenters. The zero-order chi connectivity index (χ0) is 13.8. The Morgan fingerprint density at radius 1 is 1.32 bits per heavy atom. The lowest BCUT2D eigenvalue weighted by Gasteiger charge is -2.11. The number of nitrogens with zero attached hydrogens (tertiary/aromatic N) is 2. The molecule has 0 bridgehead atoms. The van der Waals surface area contributed by atoms with Crippen molar-refractivity contribution in [2.24, 2.45) is 7.05 Å². The van der Waals surface area contributed by atoms with E-state index in [9.17, 15) is 5.11 Å². The molecule has 0 saturated heterocycles. The molecule has 0 aliphatic carbocycles. The summed E-state index contributed by atoms with van der Waals surface area (Å²) >= 11 is 11.8. The maximum atomic E-state index is 10.0. The number of aliphatic hydroxyl groups excluding tert-OH is 1. The fourth-order valence-electron chi connectivity index (χ4n) is 1.97. The number of hydrogen-bond donors (Lipinski definition) is 1. The van der Waals surface area contributed by atoms with Crippen molar-refractivity contribution in [2.45, 2.75) is 25.4 Å². The van der Waals surface area contributed by atoms with Crippen molar-refractivity contribution in [3.8, 4) is 0 Å². The quantitative estimate of drug-likeness (QED) is 0.920. The average Bonchev–Trinajstić information content (AvgIpc) is 2.77. The van der Waals surface area contributed by atoms with Crippen LogP contribution in [0.1, 0.15) is 17.8 Å². The summed E-state index contributed by atoms with van der Waals surface area (Å²) in [6.45, 7) is 0. The molecule has 3 nitrogen and oxygen atoms in total. The van der Waals surface area contributed by atoms with Crippen molar-refractivity contribution < 1.29 is 5.11 Å². The standard InChI is InChI=1S/C14H16Cl2N2O/c1-18-7-6-17-14(18)5-3-11(19)8-10-2-4-12(15)13(16)9-10/h2,4,6-7,9,11,19H,3,5,8H2,1H3. The second-order valence-electron chi connectivity index (χ2n) is 4.60. The minimum absolute atomic E-state index is 0.408. The summed E-state index contributed by atoms with van der Waals surface area (Å²) in [4.78, 5) is 4.23. The Balaban J connectivity index is 1.88. The van der Waals surface area contributed by atoms with E-state index in [1.165, 1.54) is 0 Å². The molecule has 0 aliphatic rings. The minimum Gasteiger partial charge on any atom is -0.393 e. The largest absolute Gasteiger partial charge is 0.393 e. The van der Waals surface area contributed by atoms with Crippen LogP contribution < -0.4 is 0 Å². The Hall–Kier alpha value is -1.03. The highest BCUT2D eigenvalue weighted by molar-refractivity contribution is 6.42. The van der Waals surface area contributed by atoms with Gasteiger partial charge in [0.25, 0.3) is 0 Å². The summed E-state index contributed by atoms with van der Waals surface area (Å²) < 4.78 is 1.96. The molecule has 0 saturated carbocycles. The van der Waals surface area contributed by atoms with Gasteiger partial charge in [-0.15, -0.1) is 0 Å². The van der Waals surface area contributed by atoms with Gasteiger partial charge in [-0.3, -0.25) is 0 Å². The van der Waals surface area contributed by atoms with E-state index in [4.69, 9.17) is 23.2 Å². The number of benzene rings is 1. The first-order chi connectivity index (χ1) is 9.06. The van der Waals surface area contributed by atoms with E-state index in [0.29, 0.717) is 22.9 Å². The van der Waals surface area contributed by atoms with Gasteiger partial charge in [-0.25, -0.2) is 4.98 Å². The number of aryl methyl sites for hydroxylation is 2. The Morgan fingerprint density at radius 2 is 2.11 bits per heavy atom. The Kier molecular flexibility index (Phi) is 4.86. The molecule has 2 rings (SSSR count). The zero-order valence-electron chi connectivity index (χ0n) is 10.7. The highest BCUT2D eigenvalue weighted by Crippen LogP contribution is 2.23. The normalized spacial score (nSPS) is 12.6.